The van der Waals surface area contributed by atoms with Gasteiger partial charge in [-0.2, -0.15) is 4.39 Å². The van der Waals surface area contributed by atoms with Crippen molar-refractivity contribution in [3.63, 3.8) is 0 Å². The van der Waals surface area contributed by atoms with E-state index >= 15 is 0 Å². The molecule has 1 aliphatic heterocycles. The summed E-state index contributed by atoms with van der Waals surface area (Å²) in [6, 6.07) is 19.4. The van der Waals surface area contributed by atoms with Crippen molar-refractivity contribution in [2.24, 2.45) is 11.8 Å². The first kappa shape index (κ1) is 26.6. The van der Waals surface area contributed by atoms with Gasteiger partial charge in [0, 0.05) is 11.5 Å². The smallest absolute Gasteiger partial charge is 0.201 e. The van der Waals surface area contributed by atoms with E-state index in [1.807, 2.05) is 24.3 Å². The summed E-state index contributed by atoms with van der Waals surface area (Å²) < 4.78 is 40.5. The summed E-state index contributed by atoms with van der Waals surface area (Å²) in [4.78, 5) is 0. The Morgan fingerprint density at radius 2 is 1.45 bits per heavy atom. The monoisotopic (exact) mass is 516 g/mol. The van der Waals surface area contributed by atoms with Crippen molar-refractivity contribution in [3.05, 3.63) is 90.0 Å². The maximum Gasteiger partial charge on any atom is 0.201 e. The molecule has 1 saturated carbocycles. The molecule has 1 heterocycles. The van der Waals surface area contributed by atoms with Gasteiger partial charge in [0.25, 0.3) is 0 Å². The second kappa shape index (κ2) is 12.3. The normalized spacial score (nSPS) is 24.0. The highest BCUT2D eigenvalue weighted by atomic mass is 19.2. The highest BCUT2D eigenvalue weighted by molar-refractivity contribution is 5.71. The van der Waals surface area contributed by atoms with E-state index in [1.54, 1.807) is 13.0 Å². The Hall–Kier alpha value is -2.98. The van der Waals surface area contributed by atoms with Crippen LogP contribution in [0.1, 0.15) is 63.9 Å². The van der Waals surface area contributed by atoms with Crippen LogP contribution in [0.3, 0.4) is 0 Å². The van der Waals surface area contributed by atoms with Crippen molar-refractivity contribution in [1.29, 1.82) is 0 Å². The van der Waals surface area contributed by atoms with E-state index in [9.17, 15) is 8.78 Å². The molecule has 0 radical (unpaired) electrons. The molecular weight excluding hydrogens is 478 g/mol. The van der Waals surface area contributed by atoms with E-state index < -0.39 is 11.6 Å². The van der Waals surface area contributed by atoms with E-state index in [0.29, 0.717) is 17.6 Å². The Bertz CT molecular complexity index is 1220. The molecule has 0 N–H and O–H groups in total. The zero-order valence-electron chi connectivity index (χ0n) is 22.5. The topological polar surface area (TPSA) is 18.5 Å². The Kier molecular flexibility index (Phi) is 8.58. The van der Waals surface area contributed by atoms with Gasteiger partial charge in [0.2, 0.25) is 5.82 Å². The second-order valence-corrected chi connectivity index (χ2v) is 10.7. The Balaban J connectivity index is 1.19. The standard InChI is InChI=1S/C34H38F2O2/c1-3-5-23-6-8-28(9-7-23)31-20-18-29(22-38-31)26-12-10-24(11-13-26)25-14-16-27(17-15-25)30-19-21-32(37-4-2)34(36)33(30)35/h3,5,10-17,19,21,23,28-29,31H,4,6-9,18,20,22H2,1-2H3. The minimum atomic E-state index is -0.946. The van der Waals surface area contributed by atoms with Gasteiger partial charge in [0.05, 0.1) is 19.3 Å². The lowest BCUT2D eigenvalue weighted by molar-refractivity contribution is -0.0419. The lowest BCUT2D eigenvalue weighted by Gasteiger charge is -2.37. The second-order valence-electron chi connectivity index (χ2n) is 10.7. The van der Waals surface area contributed by atoms with E-state index in [4.69, 9.17) is 9.47 Å². The highest BCUT2D eigenvalue weighted by Crippen LogP contribution is 2.39. The van der Waals surface area contributed by atoms with Gasteiger partial charge in [-0.3, -0.25) is 0 Å². The van der Waals surface area contributed by atoms with E-state index in [-0.39, 0.29) is 17.9 Å². The van der Waals surface area contributed by atoms with Crippen LogP contribution in [0.4, 0.5) is 8.78 Å². The average molecular weight is 517 g/mol. The van der Waals surface area contributed by atoms with Gasteiger partial charge < -0.3 is 9.47 Å². The van der Waals surface area contributed by atoms with Crippen LogP contribution in [0.15, 0.2) is 72.8 Å². The molecule has 2 unspecified atom stereocenters. The lowest BCUT2D eigenvalue weighted by atomic mass is 9.76. The van der Waals surface area contributed by atoms with Crippen LogP contribution in [0.2, 0.25) is 0 Å². The number of hydrogen-bond donors (Lipinski definition) is 0. The van der Waals surface area contributed by atoms with Gasteiger partial charge in [-0.15, -0.1) is 0 Å². The van der Waals surface area contributed by atoms with Crippen LogP contribution in [0.5, 0.6) is 5.75 Å². The minimum absolute atomic E-state index is 0.0588. The molecule has 2 nitrogen and oxygen atoms in total. The van der Waals surface area contributed by atoms with Gasteiger partial charge in [-0.1, -0.05) is 60.7 Å². The summed E-state index contributed by atoms with van der Waals surface area (Å²) in [5.41, 5.74) is 4.34. The minimum Gasteiger partial charge on any atom is -0.491 e. The third kappa shape index (κ3) is 5.86. The number of hydrogen-bond acceptors (Lipinski definition) is 2. The molecule has 0 bridgehead atoms. The van der Waals surface area contributed by atoms with E-state index in [0.717, 1.165) is 36.0 Å². The number of benzene rings is 3. The van der Waals surface area contributed by atoms with Crippen molar-refractivity contribution in [1.82, 2.24) is 0 Å². The Morgan fingerprint density at radius 1 is 0.789 bits per heavy atom. The van der Waals surface area contributed by atoms with E-state index in [1.165, 1.54) is 43.7 Å². The van der Waals surface area contributed by atoms with Crippen LogP contribution >= 0.6 is 0 Å². The highest BCUT2D eigenvalue weighted by Gasteiger charge is 2.31. The fourth-order valence-corrected chi connectivity index (χ4v) is 6.20. The van der Waals surface area contributed by atoms with Gasteiger partial charge in [0.15, 0.2) is 11.6 Å². The maximum atomic E-state index is 14.6. The molecule has 2 atom stereocenters. The summed E-state index contributed by atoms with van der Waals surface area (Å²) in [6.45, 7) is 4.95. The molecule has 0 aromatic heterocycles. The average Bonchev–Trinajstić information content (AvgIpc) is 2.97. The molecule has 4 heteroatoms. The van der Waals surface area contributed by atoms with Crippen LogP contribution in [0, 0.1) is 23.5 Å². The summed E-state index contributed by atoms with van der Waals surface area (Å²) in [7, 11) is 0. The van der Waals surface area contributed by atoms with Crippen molar-refractivity contribution < 1.29 is 18.3 Å². The molecule has 3 aromatic rings. The number of ether oxygens (including phenoxy) is 2. The molecule has 1 aliphatic carbocycles. The molecular formula is C34H38F2O2. The van der Waals surface area contributed by atoms with Gasteiger partial charge in [-0.05, 0) is 98.6 Å². The molecule has 3 aromatic carbocycles. The van der Waals surface area contributed by atoms with Gasteiger partial charge in [0.1, 0.15) is 0 Å². The first-order chi connectivity index (χ1) is 18.6. The number of rotatable bonds is 7. The molecule has 200 valence electrons. The van der Waals surface area contributed by atoms with Crippen LogP contribution in [-0.2, 0) is 4.74 Å². The molecule has 1 saturated heterocycles. The summed E-state index contributed by atoms with van der Waals surface area (Å²) in [5.74, 6) is 0.0373. The van der Waals surface area contributed by atoms with Gasteiger partial charge in [-0.25, -0.2) is 4.39 Å². The van der Waals surface area contributed by atoms with Crippen LogP contribution in [-0.4, -0.2) is 19.3 Å². The lowest BCUT2D eigenvalue weighted by Crippen LogP contribution is -2.33. The third-order valence-electron chi connectivity index (χ3n) is 8.38. The summed E-state index contributed by atoms with van der Waals surface area (Å²) in [6.07, 6.45) is 12.5. The first-order valence-corrected chi connectivity index (χ1v) is 14.1. The fraction of sp³-hybridized carbons (Fsp3) is 0.412. The number of allylic oxidation sites excluding steroid dienone is 2. The van der Waals surface area contributed by atoms with Crippen LogP contribution in [0.25, 0.3) is 22.3 Å². The molecule has 0 spiro atoms. The molecule has 38 heavy (non-hydrogen) atoms. The zero-order valence-corrected chi connectivity index (χ0v) is 22.5. The molecule has 2 aliphatic rings. The maximum absolute atomic E-state index is 14.6. The predicted molar refractivity (Wildman–Crippen MR) is 150 cm³/mol. The van der Waals surface area contributed by atoms with Crippen molar-refractivity contribution in [2.75, 3.05) is 13.2 Å². The Morgan fingerprint density at radius 3 is 2.05 bits per heavy atom. The summed E-state index contributed by atoms with van der Waals surface area (Å²) >= 11 is 0. The van der Waals surface area contributed by atoms with Crippen molar-refractivity contribution in [3.8, 4) is 28.0 Å². The third-order valence-corrected chi connectivity index (χ3v) is 8.38. The van der Waals surface area contributed by atoms with Crippen molar-refractivity contribution in [2.45, 2.75) is 64.4 Å². The number of halogens is 2. The molecule has 0 amide bonds. The Labute approximate surface area is 225 Å². The molecule has 2 fully saturated rings. The van der Waals surface area contributed by atoms with Crippen molar-refractivity contribution >= 4 is 0 Å². The zero-order chi connectivity index (χ0) is 26.5. The van der Waals surface area contributed by atoms with Crippen LogP contribution < -0.4 is 4.74 Å². The predicted octanol–water partition coefficient (Wildman–Crippen LogP) is 9.34. The first-order valence-electron chi connectivity index (χ1n) is 14.1. The molecule has 5 rings (SSSR count). The fourth-order valence-electron chi connectivity index (χ4n) is 6.20. The summed E-state index contributed by atoms with van der Waals surface area (Å²) in [5, 5.41) is 0. The largest absolute Gasteiger partial charge is 0.491 e. The quantitative estimate of drug-likeness (QED) is 0.291. The van der Waals surface area contributed by atoms with Gasteiger partial charge >= 0.3 is 0 Å². The van der Waals surface area contributed by atoms with E-state index in [2.05, 4.69) is 43.3 Å². The SMILES string of the molecule is CC=CC1CCC(C2CCC(c3ccc(-c4ccc(-c5ccc(OCC)c(F)c5F)cc4)cc3)CO2)CC1.